The summed E-state index contributed by atoms with van der Waals surface area (Å²) in [5.74, 6) is 2.81. The Kier molecular flexibility index (Phi) is 11.5. The van der Waals surface area contributed by atoms with E-state index in [1.54, 1.807) is 0 Å². The first-order valence-electron chi connectivity index (χ1n) is 11.5. The van der Waals surface area contributed by atoms with Crippen molar-refractivity contribution >= 4 is 29.9 Å². The Morgan fingerprint density at radius 1 is 1.07 bits per heavy atom. The Labute approximate surface area is 189 Å². The SMILES string of the molecule is CCNC(=NCC1CCC(C)CC1)N1CCC(OCC2CCCCO2)CC1.I. The molecule has 2 aliphatic heterocycles. The molecule has 2 saturated heterocycles. The quantitative estimate of drug-likeness (QED) is 0.328. The molecule has 0 aromatic rings. The molecule has 28 heavy (non-hydrogen) atoms. The van der Waals surface area contributed by atoms with Crippen molar-refractivity contribution in [2.45, 2.75) is 83.8 Å². The lowest BCUT2D eigenvalue weighted by atomic mass is 9.83. The lowest BCUT2D eigenvalue weighted by molar-refractivity contribution is -0.0721. The Morgan fingerprint density at radius 2 is 1.82 bits per heavy atom. The summed E-state index contributed by atoms with van der Waals surface area (Å²) in [4.78, 5) is 7.44. The van der Waals surface area contributed by atoms with Gasteiger partial charge in [0.1, 0.15) is 0 Å². The van der Waals surface area contributed by atoms with Gasteiger partial charge in [-0.3, -0.25) is 4.99 Å². The molecule has 0 bridgehead atoms. The summed E-state index contributed by atoms with van der Waals surface area (Å²) in [7, 11) is 0. The number of piperidine rings is 1. The molecule has 3 fully saturated rings. The lowest BCUT2D eigenvalue weighted by Crippen LogP contribution is -2.47. The average molecular weight is 508 g/mol. The van der Waals surface area contributed by atoms with E-state index in [4.69, 9.17) is 14.5 Å². The molecule has 0 spiro atoms. The number of nitrogens with zero attached hydrogens (tertiary/aromatic N) is 2. The van der Waals surface area contributed by atoms with Crippen molar-refractivity contribution in [3.8, 4) is 0 Å². The third-order valence-corrected chi connectivity index (χ3v) is 6.50. The van der Waals surface area contributed by atoms with Crippen molar-refractivity contribution in [2.24, 2.45) is 16.8 Å². The summed E-state index contributed by atoms with van der Waals surface area (Å²) >= 11 is 0. The summed E-state index contributed by atoms with van der Waals surface area (Å²) in [6.07, 6.45) is 12.0. The molecule has 3 rings (SSSR count). The highest BCUT2D eigenvalue weighted by Crippen LogP contribution is 2.28. The molecular weight excluding hydrogens is 465 g/mol. The molecule has 1 atom stereocenters. The van der Waals surface area contributed by atoms with Crippen LogP contribution >= 0.6 is 24.0 Å². The van der Waals surface area contributed by atoms with E-state index in [-0.39, 0.29) is 24.0 Å². The predicted octanol–water partition coefficient (Wildman–Crippen LogP) is 4.45. The molecule has 1 N–H and O–H groups in total. The molecule has 1 saturated carbocycles. The molecule has 5 nitrogen and oxygen atoms in total. The normalized spacial score (nSPS) is 30.0. The number of halogens is 1. The molecule has 0 aromatic carbocycles. The van der Waals surface area contributed by atoms with Crippen LogP contribution in [0.15, 0.2) is 4.99 Å². The Bertz CT molecular complexity index is 441. The van der Waals surface area contributed by atoms with Gasteiger partial charge in [-0.25, -0.2) is 0 Å². The maximum atomic E-state index is 6.16. The average Bonchev–Trinajstić information content (AvgIpc) is 2.72. The number of guanidine groups is 1. The first-order valence-corrected chi connectivity index (χ1v) is 11.5. The van der Waals surface area contributed by atoms with Gasteiger partial charge in [-0.15, -0.1) is 24.0 Å². The van der Waals surface area contributed by atoms with Gasteiger partial charge in [0, 0.05) is 32.8 Å². The zero-order valence-corrected chi connectivity index (χ0v) is 20.4. The van der Waals surface area contributed by atoms with Crippen LogP contribution in [0.3, 0.4) is 0 Å². The zero-order chi connectivity index (χ0) is 18.9. The molecular formula is C22H42IN3O2. The predicted molar refractivity (Wildman–Crippen MR) is 127 cm³/mol. The highest BCUT2D eigenvalue weighted by molar-refractivity contribution is 14.0. The standard InChI is InChI=1S/C22H41N3O2.HI/c1-3-23-22(24-16-19-9-7-18(2)8-10-19)25-13-11-20(12-14-25)27-17-21-6-4-5-15-26-21;/h18-21H,3-17H2,1-2H3,(H,23,24);1H. The number of likely N-dealkylation sites (tertiary alicyclic amines) is 1. The van der Waals surface area contributed by atoms with Crippen molar-refractivity contribution in [2.75, 3.05) is 39.4 Å². The lowest BCUT2D eigenvalue weighted by Gasteiger charge is -2.35. The van der Waals surface area contributed by atoms with Gasteiger partial charge < -0.3 is 19.7 Å². The minimum absolute atomic E-state index is 0. The minimum atomic E-state index is 0. The number of hydrogen-bond acceptors (Lipinski definition) is 3. The number of aliphatic imine (C=N–C) groups is 1. The van der Waals surface area contributed by atoms with Gasteiger partial charge >= 0.3 is 0 Å². The first-order chi connectivity index (χ1) is 13.2. The smallest absolute Gasteiger partial charge is 0.193 e. The van der Waals surface area contributed by atoms with Gasteiger partial charge in [-0.05, 0) is 63.7 Å². The van der Waals surface area contributed by atoms with Crippen LogP contribution in [0.1, 0.15) is 71.6 Å². The van der Waals surface area contributed by atoms with Gasteiger partial charge in [0.2, 0.25) is 0 Å². The van der Waals surface area contributed by atoms with Crippen LogP contribution in [0, 0.1) is 11.8 Å². The Morgan fingerprint density at radius 3 is 2.46 bits per heavy atom. The van der Waals surface area contributed by atoms with Crippen molar-refractivity contribution in [3.63, 3.8) is 0 Å². The van der Waals surface area contributed by atoms with E-state index in [0.29, 0.717) is 12.2 Å². The fourth-order valence-electron chi connectivity index (χ4n) is 4.57. The van der Waals surface area contributed by atoms with E-state index >= 15 is 0 Å². The van der Waals surface area contributed by atoms with Gasteiger partial charge in [0.15, 0.2) is 5.96 Å². The van der Waals surface area contributed by atoms with E-state index < -0.39 is 0 Å². The fraction of sp³-hybridized carbons (Fsp3) is 0.955. The van der Waals surface area contributed by atoms with Gasteiger partial charge in [-0.2, -0.15) is 0 Å². The van der Waals surface area contributed by atoms with E-state index in [1.807, 2.05) is 0 Å². The number of nitrogens with one attached hydrogen (secondary N) is 1. The monoisotopic (exact) mass is 507 g/mol. The Hall–Kier alpha value is -0.0800. The number of hydrogen-bond donors (Lipinski definition) is 1. The molecule has 0 amide bonds. The zero-order valence-electron chi connectivity index (χ0n) is 18.0. The van der Waals surface area contributed by atoms with E-state index in [2.05, 4.69) is 24.1 Å². The van der Waals surface area contributed by atoms with Gasteiger partial charge in [0.05, 0.1) is 18.8 Å². The van der Waals surface area contributed by atoms with Gasteiger partial charge in [-0.1, -0.05) is 19.8 Å². The molecule has 1 aliphatic carbocycles. The highest BCUT2D eigenvalue weighted by Gasteiger charge is 2.24. The third kappa shape index (κ3) is 7.98. The van der Waals surface area contributed by atoms with Crippen LogP contribution in [-0.4, -0.2) is 62.5 Å². The van der Waals surface area contributed by atoms with Crippen molar-refractivity contribution < 1.29 is 9.47 Å². The fourth-order valence-corrected chi connectivity index (χ4v) is 4.57. The van der Waals surface area contributed by atoms with Crippen LogP contribution in [0.2, 0.25) is 0 Å². The third-order valence-electron chi connectivity index (χ3n) is 6.50. The van der Waals surface area contributed by atoms with E-state index in [1.165, 1.54) is 38.5 Å². The second-order valence-electron chi connectivity index (χ2n) is 8.83. The summed E-state index contributed by atoms with van der Waals surface area (Å²) in [6.45, 7) is 10.3. The topological polar surface area (TPSA) is 46.1 Å². The molecule has 1 unspecified atom stereocenters. The van der Waals surface area contributed by atoms with Crippen LogP contribution in [0.25, 0.3) is 0 Å². The second kappa shape index (κ2) is 13.3. The second-order valence-corrected chi connectivity index (χ2v) is 8.83. The van der Waals surface area contributed by atoms with Crippen LogP contribution < -0.4 is 5.32 Å². The van der Waals surface area contributed by atoms with Crippen molar-refractivity contribution in [1.29, 1.82) is 0 Å². The minimum Gasteiger partial charge on any atom is -0.376 e. The molecule has 0 aromatic heterocycles. The van der Waals surface area contributed by atoms with Gasteiger partial charge in [0.25, 0.3) is 0 Å². The molecule has 2 heterocycles. The summed E-state index contributed by atoms with van der Waals surface area (Å²) in [6, 6.07) is 0. The summed E-state index contributed by atoms with van der Waals surface area (Å²) in [5.41, 5.74) is 0. The number of ether oxygens (including phenoxy) is 2. The molecule has 0 radical (unpaired) electrons. The Balaban J connectivity index is 0.00000280. The van der Waals surface area contributed by atoms with Crippen LogP contribution in [0.4, 0.5) is 0 Å². The highest BCUT2D eigenvalue weighted by atomic mass is 127. The molecule has 6 heteroatoms. The maximum Gasteiger partial charge on any atom is 0.193 e. The largest absolute Gasteiger partial charge is 0.376 e. The molecule has 3 aliphatic rings. The first kappa shape index (κ1) is 24.2. The van der Waals surface area contributed by atoms with Crippen LogP contribution in [-0.2, 0) is 9.47 Å². The van der Waals surface area contributed by atoms with E-state index in [0.717, 1.165) is 76.5 Å². The number of rotatable bonds is 6. The summed E-state index contributed by atoms with van der Waals surface area (Å²) in [5, 5.41) is 3.51. The molecule has 164 valence electrons. The van der Waals surface area contributed by atoms with E-state index in [9.17, 15) is 0 Å². The summed E-state index contributed by atoms with van der Waals surface area (Å²) < 4.78 is 12.0. The van der Waals surface area contributed by atoms with Crippen molar-refractivity contribution in [3.05, 3.63) is 0 Å². The van der Waals surface area contributed by atoms with Crippen LogP contribution in [0.5, 0.6) is 0 Å². The maximum absolute atomic E-state index is 6.16. The van der Waals surface area contributed by atoms with Crippen molar-refractivity contribution in [1.82, 2.24) is 10.2 Å².